The number of anilines is 1. The van der Waals surface area contributed by atoms with Crippen molar-refractivity contribution in [1.29, 1.82) is 0 Å². The zero-order valence-corrected chi connectivity index (χ0v) is 15.5. The van der Waals surface area contributed by atoms with Crippen molar-refractivity contribution in [3.8, 4) is 17.2 Å². The Morgan fingerprint density at radius 3 is 2.83 bits per heavy atom. The molecule has 2 aromatic rings. The summed E-state index contributed by atoms with van der Waals surface area (Å²) in [4.78, 5) is 42.3. The number of amides is 4. The lowest BCUT2D eigenvalue weighted by Crippen LogP contribution is -2.58. The molecule has 2 aliphatic heterocycles. The molecule has 9 nitrogen and oxygen atoms in total. The Hall–Kier alpha value is -3.88. The molecule has 29 heavy (non-hydrogen) atoms. The molecule has 0 bridgehead atoms. The number of nitrogens with zero attached hydrogens (tertiary/aromatic N) is 2. The first-order valence-corrected chi connectivity index (χ1v) is 8.78. The number of benzene rings is 2. The first-order chi connectivity index (χ1) is 14.1. The fourth-order valence-electron chi connectivity index (χ4n) is 3.02. The van der Waals surface area contributed by atoms with Crippen LogP contribution in [0.4, 0.5) is 10.5 Å². The number of barbiturate groups is 1. The van der Waals surface area contributed by atoms with Crippen molar-refractivity contribution in [3.63, 3.8) is 0 Å². The van der Waals surface area contributed by atoms with E-state index in [4.69, 9.17) is 14.2 Å². The average Bonchev–Trinajstić information content (AvgIpc) is 3.18. The van der Waals surface area contributed by atoms with E-state index < -0.39 is 23.8 Å². The number of fused-ring (bicyclic) bond motifs is 1. The van der Waals surface area contributed by atoms with Crippen molar-refractivity contribution >= 4 is 29.7 Å². The summed E-state index contributed by atoms with van der Waals surface area (Å²) in [6.45, 7) is 0.410. The molecule has 1 fully saturated rings. The van der Waals surface area contributed by atoms with Crippen LogP contribution >= 0.6 is 0 Å². The van der Waals surface area contributed by atoms with Crippen LogP contribution < -0.4 is 24.4 Å². The molecule has 0 aliphatic carbocycles. The van der Waals surface area contributed by atoms with Gasteiger partial charge < -0.3 is 14.2 Å². The van der Waals surface area contributed by atoms with Crippen molar-refractivity contribution in [1.82, 2.24) is 5.32 Å². The number of rotatable bonds is 5. The number of hydrogen-bond donors (Lipinski definition) is 1. The predicted octanol–water partition coefficient (Wildman–Crippen LogP) is 1.89. The number of imide groups is 2. The number of methoxy groups -OCH3 is 1. The summed E-state index contributed by atoms with van der Waals surface area (Å²) in [6, 6.07) is 11.0. The molecule has 2 aliphatic rings. The molecule has 9 heteroatoms. The molecule has 1 atom stereocenters. The number of urea groups is 1. The van der Waals surface area contributed by atoms with E-state index in [1.54, 1.807) is 30.3 Å². The van der Waals surface area contributed by atoms with Crippen molar-refractivity contribution in [2.24, 2.45) is 10.9 Å². The molecule has 0 aromatic heterocycles. The lowest BCUT2D eigenvalue weighted by atomic mass is 10.1. The Morgan fingerprint density at radius 2 is 2.00 bits per heavy atom. The topological polar surface area (TPSA) is 107 Å². The van der Waals surface area contributed by atoms with Crippen LogP contribution in [0.2, 0.25) is 0 Å². The van der Waals surface area contributed by atoms with Crippen molar-refractivity contribution < 1.29 is 28.6 Å². The highest BCUT2D eigenvalue weighted by atomic mass is 16.7. The van der Waals surface area contributed by atoms with Gasteiger partial charge in [-0.05, 0) is 29.8 Å². The molecular formula is C20H17N3O6. The van der Waals surface area contributed by atoms with Gasteiger partial charge in [-0.2, -0.15) is 0 Å². The summed E-state index contributed by atoms with van der Waals surface area (Å²) < 4.78 is 15.7. The Bertz CT molecular complexity index is 1020. The zero-order chi connectivity index (χ0) is 20.4. The Kier molecular flexibility index (Phi) is 4.86. The summed E-state index contributed by atoms with van der Waals surface area (Å²) >= 11 is 0. The quantitative estimate of drug-likeness (QED) is 0.612. The molecule has 1 saturated heterocycles. The van der Waals surface area contributed by atoms with Crippen LogP contribution in [0.3, 0.4) is 0 Å². The normalized spacial score (nSPS) is 18.3. The first-order valence-electron chi connectivity index (χ1n) is 8.78. The van der Waals surface area contributed by atoms with Gasteiger partial charge in [-0.1, -0.05) is 12.1 Å². The third kappa shape index (κ3) is 3.62. The summed E-state index contributed by atoms with van der Waals surface area (Å²) in [5, 5.41) is 2.19. The summed E-state index contributed by atoms with van der Waals surface area (Å²) in [6.07, 6.45) is 1.25. The largest absolute Gasteiger partial charge is 0.497 e. The molecule has 4 amide bonds. The summed E-state index contributed by atoms with van der Waals surface area (Å²) in [5.74, 6) is -0.845. The van der Waals surface area contributed by atoms with Gasteiger partial charge in [0.15, 0.2) is 17.4 Å². The monoisotopic (exact) mass is 395 g/mol. The third-order valence-corrected chi connectivity index (χ3v) is 4.48. The average molecular weight is 395 g/mol. The van der Waals surface area contributed by atoms with E-state index in [1.807, 2.05) is 6.07 Å². The molecule has 0 saturated carbocycles. The molecule has 0 spiro atoms. The maximum Gasteiger partial charge on any atom is 0.335 e. The smallest absolute Gasteiger partial charge is 0.335 e. The molecule has 2 aromatic carbocycles. The molecule has 0 unspecified atom stereocenters. The van der Waals surface area contributed by atoms with Crippen LogP contribution in [0, 0.1) is 5.92 Å². The molecule has 148 valence electrons. The van der Waals surface area contributed by atoms with Gasteiger partial charge in [0.1, 0.15) is 5.75 Å². The van der Waals surface area contributed by atoms with E-state index in [0.29, 0.717) is 22.9 Å². The SMILES string of the molecule is COc1cccc(N2C(=O)NC(=O)[C@H](C=NCc3ccc4c(c3)OCO4)C2=O)c1. The van der Waals surface area contributed by atoms with Gasteiger partial charge in [-0.3, -0.25) is 19.9 Å². The van der Waals surface area contributed by atoms with Gasteiger partial charge >= 0.3 is 6.03 Å². The fourth-order valence-corrected chi connectivity index (χ4v) is 3.02. The Balaban J connectivity index is 1.51. The van der Waals surface area contributed by atoms with Crippen molar-refractivity contribution in [3.05, 3.63) is 48.0 Å². The van der Waals surface area contributed by atoms with Gasteiger partial charge in [0.05, 0.1) is 19.3 Å². The van der Waals surface area contributed by atoms with E-state index in [2.05, 4.69) is 10.3 Å². The fraction of sp³-hybridized carbons (Fsp3) is 0.200. The maximum absolute atomic E-state index is 12.8. The van der Waals surface area contributed by atoms with Crippen LogP contribution in [0.1, 0.15) is 5.56 Å². The van der Waals surface area contributed by atoms with Crippen LogP contribution in [-0.2, 0) is 16.1 Å². The highest BCUT2D eigenvalue weighted by Gasteiger charge is 2.40. The summed E-state index contributed by atoms with van der Waals surface area (Å²) in [5.41, 5.74) is 1.13. The molecule has 2 heterocycles. The second-order valence-corrected chi connectivity index (χ2v) is 6.32. The molecule has 0 radical (unpaired) electrons. The number of ether oxygens (including phenoxy) is 3. The van der Waals surface area contributed by atoms with Crippen LogP contribution in [-0.4, -0.2) is 38.0 Å². The second kappa shape index (κ2) is 7.63. The van der Waals surface area contributed by atoms with E-state index in [1.165, 1.54) is 19.4 Å². The highest BCUT2D eigenvalue weighted by molar-refractivity contribution is 6.32. The van der Waals surface area contributed by atoms with Crippen molar-refractivity contribution in [2.75, 3.05) is 18.8 Å². The third-order valence-electron chi connectivity index (χ3n) is 4.48. The number of carbonyl (C=O) groups is 3. The molecular weight excluding hydrogens is 378 g/mol. The van der Waals surface area contributed by atoms with Crippen LogP contribution in [0.5, 0.6) is 17.2 Å². The Morgan fingerprint density at radius 1 is 1.17 bits per heavy atom. The second-order valence-electron chi connectivity index (χ2n) is 6.32. The molecule has 1 N–H and O–H groups in total. The first kappa shape index (κ1) is 18.5. The summed E-state index contributed by atoms with van der Waals surface area (Å²) in [7, 11) is 1.48. The lowest BCUT2D eigenvalue weighted by molar-refractivity contribution is -0.131. The van der Waals surface area contributed by atoms with Gasteiger partial charge in [0.25, 0.3) is 5.91 Å². The minimum atomic E-state index is -1.21. The maximum atomic E-state index is 12.8. The minimum absolute atomic E-state index is 0.174. The zero-order valence-electron chi connectivity index (χ0n) is 15.5. The number of nitrogens with one attached hydrogen (secondary N) is 1. The lowest BCUT2D eigenvalue weighted by Gasteiger charge is -2.28. The van der Waals surface area contributed by atoms with Gasteiger partial charge in [0.2, 0.25) is 12.7 Å². The van der Waals surface area contributed by atoms with Gasteiger partial charge in [-0.15, -0.1) is 0 Å². The van der Waals surface area contributed by atoms with Crippen LogP contribution in [0.15, 0.2) is 47.5 Å². The van der Waals surface area contributed by atoms with Crippen LogP contribution in [0.25, 0.3) is 0 Å². The molecule has 4 rings (SSSR count). The van der Waals surface area contributed by atoms with E-state index >= 15 is 0 Å². The standard InChI is InChI=1S/C20H17N3O6/c1-27-14-4-2-3-13(8-14)23-19(25)15(18(24)22-20(23)26)10-21-9-12-5-6-16-17(7-12)29-11-28-16/h2-8,10,15H,9,11H2,1H3,(H,22,24,26)/t15-/m0/s1. The Labute approximate surface area is 165 Å². The van der Waals surface area contributed by atoms with Gasteiger partial charge in [-0.25, -0.2) is 9.69 Å². The van der Waals surface area contributed by atoms with Gasteiger partial charge in [0, 0.05) is 12.3 Å². The van der Waals surface area contributed by atoms with E-state index in [9.17, 15) is 14.4 Å². The predicted molar refractivity (Wildman–Crippen MR) is 102 cm³/mol. The number of carbonyl (C=O) groups excluding carboxylic acids is 3. The van der Waals surface area contributed by atoms with Crippen molar-refractivity contribution in [2.45, 2.75) is 6.54 Å². The highest BCUT2D eigenvalue weighted by Crippen LogP contribution is 2.32. The van der Waals surface area contributed by atoms with E-state index in [-0.39, 0.29) is 13.3 Å². The number of hydrogen-bond acceptors (Lipinski definition) is 7. The van der Waals surface area contributed by atoms with E-state index in [0.717, 1.165) is 10.5 Å². The minimum Gasteiger partial charge on any atom is -0.497 e. The number of aliphatic imine (C=N–C) groups is 1.